The number of hydrogen-bond donors (Lipinski definition) is 3. The zero-order chi connectivity index (χ0) is 16.1. The number of fused-ring (bicyclic) bond motifs is 1. The largest absolute Gasteiger partial charge is 0.361 e. The number of rotatable bonds is 5. The van der Waals surface area contributed by atoms with Crippen LogP contribution in [0.15, 0.2) is 49.2 Å². The summed E-state index contributed by atoms with van der Waals surface area (Å²) in [6.45, 7) is 1.17. The number of carbonyl (C=O) groups excluding carboxylic acids is 2. The van der Waals surface area contributed by atoms with Crippen molar-refractivity contribution >= 4 is 28.4 Å². The average molecular weight is 311 g/mol. The Labute approximate surface area is 132 Å². The zero-order valence-corrected chi connectivity index (χ0v) is 12.5. The number of aromatic amines is 1. The van der Waals surface area contributed by atoms with E-state index in [1.54, 1.807) is 18.6 Å². The Morgan fingerprint density at radius 1 is 1.22 bits per heavy atom. The molecule has 118 valence electrons. The maximum atomic E-state index is 11.9. The molecular formula is C16H17N5O2. The first-order valence-corrected chi connectivity index (χ1v) is 7.34. The lowest BCUT2D eigenvalue weighted by molar-refractivity contribution is -0.136. The first-order valence-electron chi connectivity index (χ1n) is 7.34. The standard InChI is InChI=1S/C16H17N5O2/c22-15(19-5-1-8-21-9-7-17-11-21)16(23)20-13-2-3-14-12(10-13)4-6-18-14/h2-4,6-7,9-11,18H,1,5,8H2,(H,19,22)(H,20,23). The van der Waals surface area contributed by atoms with Crippen molar-refractivity contribution in [3.05, 3.63) is 49.2 Å². The van der Waals surface area contributed by atoms with Crippen LogP contribution in [0.25, 0.3) is 10.9 Å². The van der Waals surface area contributed by atoms with Crippen LogP contribution in [-0.2, 0) is 16.1 Å². The Kier molecular flexibility index (Phi) is 4.37. The van der Waals surface area contributed by atoms with Crippen molar-refractivity contribution in [2.24, 2.45) is 0 Å². The molecule has 23 heavy (non-hydrogen) atoms. The summed E-state index contributed by atoms with van der Waals surface area (Å²) in [6, 6.07) is 7.33. The van der Waals surface area contributed by atoms with E-state index in [-0.39, 0.29) is 0 Å². The Morgan fingerprint density at radius 2 is 2.13 bits per heavy atom. The average Bonchev–Trinajstić information content (AvgIpc) is 3.22. The number of anilines is 1. The molecule has 3 aromatic rings. The van der Waals surface area contributed by atoms with Gasteiger partial charge in [-0.05, 0) is 30.7 Å². The zero-order valence-electron chi connectivity index (χ0n) is 12.5. The van der Waals surface area contributed by atoms with Gasteiger partial charge in [-0.15, -0.1) is 0 Å². The second-order valence-corrected chi connectivity index (χ2v) is 5.14. The molecular weight excluding hydrogens is 294 g/mol. The molecule has 0 unspecified atom stereocenters. The van der Waals surface area contributed by atoms with Gasteiger partial charge in [0.1, 0.15) is 0 Å². The second kappa shape index (κ2) is 6.78. The Balaban J connectivity index is 1.46. The predicted octanol–water partition coefficient (Wildman–Crippen LogP) is 1.51. The number of amides is 2. The third-order valence-electron chi connectivity index (χ3n) is 3.46. The van der Waals surface area contributed by atoms with Crippen LogP contribution in [0.3, 0.4) is 0 Å². The van der Waals surface area contributed by atoms with Gasteiger partial charge in [-0.3, -0.25) is 9.59 Å². The third-order valence-corrected chi connectivity index (χ3v) is 3.46. The fraction of sp³-hybridized carbons (Fsp3) is 0.188. The minimum absolute atomic E-state index is 0.432. The van der Waals surface area contributed by atoms with E-state index in [4.69, 9.17) is 0 Å². The topological polar surface area (TPSA) is 91.8 Å². The molecule has 0 radical (unpaired) electrons. The third kappa shape index (κ3) is 3.76. The lowest BCUT2D eigenvalue weighted by atomic mass is 10.2. The summed E-state index contributed by atoms with van der Waals surface area (Å²) in [4.78, 5) is 30.6. The molecule has 0 aliphatic carbocycles. The fourth-order valence-electron chi connectivity index (χ4n) is 2.28. The lowest BCUT2D eigenvalue weighted by Crippen LogP contribution is -2.36. The van der Waals surface area contributed by atoms with Crippen molar-refractivity contribution in [3.8, 4) is 0 Å². The lowest BCUT2D eigenvalue weighted by Gasteiger charge is -2.07. The molecule has 7 nitrogen and oxygen atoms in total. The summed E-state index contributed by atoms with van der Waals surface area (Å²) in [7, 11) is 0. The van der Waals surface area contributed by atoms with E-state index in [2.05, 4.69) is 20.6 Å². The van der Waals surface area contributed by atoms with Crippen LogP contribution in [-0.4, -0.2) is 32.9 Å². The minimum Gasteiger partial charge on any atom is -0.361 e. The normalized spacial score (nSPS) is 10.6. The monoisotopic (exact) mass is 311 g/mol. The maximum Gasteiger partial charge on any atom is 0.313 e. The molecule has 2 amide bonds. The smallest absolute Gasteiger partial charge is 0.313 e. The molecule has 0 bridgehead atoms. The quantitative estimate of drug-likeness (QED) is 0.492. The summed E-state index contributed by atoms with van der Waals surface area (Å²) >= 11 is 0. The Bertz CT molecular complexity index is 807. The minimum atomic E-state index is -0.664. The number of hydrogen-bond acceptors (Lipinski definition) is 3. The fourth-order valence-corrected chi connectivity index (χ4v) is 2.28. The number of nitrogens with one attached hydrogen (secondary N) is 3. The Hall–Kier alpha value is -3.09. The molecule has 0 spiro atoms. The molecule has 0 aliphatic rings. The van der Waals surface area contributed by atoms with E-state index >= 15 is 0 Å². The van der Waals surface area contributed by atoms with Gasteiger partial charge < -0.3 is 20.2 Å². The van der Waals surface area contributed by atoms with Crippen molar-refractivity contribution in [2.75, 3.05) is 11.9 Å². The number of imidazole rings is 1. The van der Waals surface area contributed by atoms with Gasteiger partial charge in [0, 0.05) is 48.3 Å². The van der Waals surface area contributed by atoms with E-state index in [9.17, 15) is 9.59 Å². The molecule has 3 rings (SSSR count). The molecule has 2 aromatic heterocycles. The summed E-state index contributed by atoms with van der Waals surface area (Å²) in [5.41, 5.74) is 1.57. The Morgan fingerprint density at radius 3 is 2.96 bits per heavy atom. The molecule has 0 aliphatic heterocycles. The van der Waals surface area contributed by atoms with E-state index in [1.165, 1.54) is 0 Å². The SMILES string of the molecule is O=C(NCCCn1ccnc1)C(=O)Nc1ccc2[nH]ccc2c1. The van der Waals surface area contributed by atoms with Gasteiger partial charge in [-0.2, -0.15) is 0 Å². The molecule has 1 aromatic carbocycles. The molecule has 0 saturated carbocycles. The van der Waals surface area contributed by atoms with Gasteiger partial charge in [-0.1, -0.05) is 0 Å². The highest BCUT2D eigenvalue weighted by molar-refractivity contribution is 6.39. The highest BCUT2D eigenvalue weighted by Crippen LogP contribution is 2.17. The van der Waals surface area contributed by atoms with Crippen molar-refractivity contribution in [3.63, 3.8) is 0 Å². The molecule has 0 saturated heterocycles. The van der Waals surface area contributed by atoms with Crippen LogP contribution in [0, 0.1) is 0 Å². The molecule has 3 N–H and O–H groups in total. The van der Waals surface area contributed by atoms with Gasteiger partial charge >= 0.3 is 11.8 Å². The number of aryl methyl sites for hydroxylation is 1. The van der Waals surface area contributed by atoms with Crippen LogP contribution in [0.2, 0.25) is 0 Å². The van der Waals surface area contributed by atoms with Gasteiger partial charge in [0.2, 0.25) is 0 Å². The van der Waals surface area contributed by atoms with E-state index in [1.807, 2.05) is 35.2 Å². The van der Waals surface area contributed by atoms with E-state index < -0.39 is 11.8 Å². The maximum absolute atomic E-state index is 11.9. The van der Waals surface area contributed by atoms with Crippen molar-refractivity contribution in [1.29, 1.82) is 0 Å². The number of nitrogens with zero attached hydrogens (tertiary/aromatic N) is 2. The molecule has 7 heteroatoms. The van der Waals surface area contributed by atoms with Gasteiger partial charge in [0.15, 0.2) is 0 Å². The summed E-state index contributed by atoms with van der Waals surface area (Å²) < 4.78 is 1.92. The van der Waals surface area contributed by atoms with Crippen LogP contribution < -0.4 is 10.6 Å². The highest BCUT2D eigenvalue weighted by atomic mass is 16.2. The van der Waals surface area contributed by atoms with Crippen LogP contribution in [0.4, 0.5) is 5.69 Å². The van der Waals surface area contributed by atoms with Crippen molar-refractivity contribution in [2.45, 2.75) is 13.0 Å². The molecule has 0 fully saturated rings. The van der Waals surface area contributed by atoms with Crippen LogP contribution in [0.1, 0.15) is 6.42 Å². The van der Waals surface area contributed by atoms with Gasteiger partial charge in [-0.25, -0.2) is 4.98 Å². The first-order chi connectivity index (χ1) is 11.2. The van der Waals surface area contributed by atoms with Crippen molar-refractivity contribution < 1.29 is 9.59 Å². The van der Waals surface area contributed by atoms with Crippen LogP contribution >= 0.6 is 0 Å². The molecule has 0 atom stereocenters. The highest BCUT2D eigenvalue weighted by Gasteiger charge is 2.13. The number of aromatic nitrogens is 3. The number of benzene rings is 1. The van der Waals surface area contributed by atoms with Crippen LogP contribution in [0.5, 0.6) is 0 Å². The predicted molar refractivity (Wildman–Crippen MR) is 86.8 cm³/mol. The van der Waals surface area contributed by atoms with E-state index in [0.717, 1.165) is 23.9 Å². The number of carbonyl (C=O) groups is 2. The van der Waals surface area contributed by atoms with Gasteiger partial charge in [0.25, 0.3) is 0 Å². The second-order valence-electron chi connectivity index (χ2n) is 5.14. The van der Waals surface area contributed by atoms with E-state index in [0.29, 0.717) is 12.2 Å². The number of H-pyrrole nitrogens is 1. The summed E-state index contributed by atoms with van der Waals surface area (Å²) in [5.74, 6) is -1.30. The van der Waals surface area contributed by atoms with Gasteiger partial charge in [0.05, 0.1) is 6.33 Å². The first kappa shape index (κ1) is 14.8. The molecule has 2 heterocycles. The summed E-state index contributed by atoms with van der Waals surface area (Å²) in [5, 5.41) is 6.18. The summed E-state index contributed by atoms with van der Waals surface area (Å²) in [6.07, 6.45) is 7.82. The van der Waals surface area contributed by atoms with Crippen molar-refractivity contribution in [1.82, 2.24) is 19.9 Å².